The van der Waals surface area contributed by atoms with Gasteiger partial charge in [0.05, 0.1) is 6.61 Å². The lowest BCUT2D eigenvalue weighted by Crippen LogP contribution is -2.62. The maximum absolute atomic E-state index is 12.4. The molecule has 9 nitrogen and oxygen atoms in total. The molecule has 1 aliphatic rings. The first-order valence-corrected chi connectivity index (χ1v) is 6.50. The highest BCUT2D eigenvalue weighted by Gasteiger charge is 2.37. The van der Waals surface area contributed by atoms with Crippen molar-refractivity contribution >= 4 is 23.8 Å². The quantitative estimate of drug-likeness (QED) is 0.600. The molecule has 1 aliphatic heterocycles. The zero-order valence-corrected chi connectivity index (χ0v) is 12.0. The smallest absolute Gasteiger partial charge is 0.323 e. The minimum atomic E-state index is -1.18. The number of carbonyl (C=O) groups is 4. The van der Waals surface area contributed by atoms with Crippen molar-refractivity contribution in [2.45, 2.75) is 19.4 Å². The highest BCUT2D eigenvalue weighted by molar-refractivity contribution is 6.04. The average molecular weight is 301 g/mol. The summed E-state index contributed by atoms with van der Waals surface area (Å²) >= 11 is 0. The molecule has 1 atom stereocenters. The summed E-state index contributed by atoms with van der Waals surface area (Å²) in [6.07, 6.45) is 0.329. The lowest BCUT2D eigenvalue weighted by molar-refractivity contribution is -0.139. The summed E-state index contributed by atoms with van der Waals surface area (Å²) in [5, 5.41) is 11.0. The van der Waals surface area contributed by atoms with Crippen LogP contribution in [0.2, 0.25) is 0 Å². The van der Waals surface area contributed by atoms with Crippen LogP contribution >= 0.6 is 0 Å². The highest BCUT2D eigenvalue weighted by atomic mass is 16.5. The molecule has 4 amide bonds. The average Bonchev–Trinajstić information content (AvgIpc) is 2.41. The maximum atomic E-state index is 12.4. The van der Waals surface area contributed by atoms with Crippen LogP contribution in [0.1, 0.15) is 13.3 Å². The van der Waals surface area contributed by atoms with E-state index in [2.05, 4.69) is 5.32 Å². The van der Waals surface area contributed by atoms with E-state index in [9.17, 15) is 19.2 Å². The van der Waals surface area contributed by atoms with Gasteiger partial charge in [-0.25, -0.2) is 4.79 Å². The summed E-state index contributed by atoms with van der Waals surface area (Å²) in [5.41, 5.74) is 0. The Balaban J connectivity index is 2.90. The third-order valence-corrected chi connectivity index (χ3v) is 3.05. The number of carboxylic acids is 1. The molecule has 0 aromatic rings. The van der Waals surface area contributed by atoms with Gasteiger partial charge in [-0.05, 0) is 6.42 Å². The lowest BCUT2D eigenvalue weighted by Gasteiger charge is -2.36. The summed E-state index contributed by atoms with van der Waals surface area (Å²) < 4.78 is 4.84. The number of amides is 4. The van der Waals surface area contributed by atoms with Crippen LogP contribution < -0.4 is 5.32 Å². The van der Waals surface area contributed by atoms with E-state index in [-0.39, 0.29) is 19.7 Å². The fourth-order valence-corrected chi connectivity index (χ4v) is 2.06. The minimum Gasteiger partial charge on any atom is -0.480 e. The molecule has 1 saturated heterocycles. The third-order valence-electron chi connectivity index (χ3n) is 3.05. The van der Waals surface area contributed by atoms with E-state index >= 15 is 0 Å². The molecular weight excluding hydrogens is 282 g/mol. The molecule has 0 bridgehead atoms. The second kappa shape index (κ2) is 7.58. The molecule has 1 heterocycles. The number of rotatable bonds is 6. The van der Waals surface area contributed by atoms with E-state index in [0.717, 1.165) is 9.80 Å². The number of piperazine rings is 1. The first-order chi connectivity index (χ1) is 9.90. The van der Waals surface area contributed by atoms with Crippen molar-refractivity contribution in [1.29, 1.82) is 0 Å². The van der Waals surface area contributed by atoms with Crippen LogP contribution in [-0.4, -0.2) is 78.1 Å². The number of aliphatic carboxylic acids is 1. The predicted octanol–water partition coefficient (Wildman–Crippen LogP) is -1.12. The van der Waals surface area contributed by atoms with Gasteiger partial charge in [-0.3, -0.25) is 19.7 Å². The molecule has 0 spiro atoms. The molecule has 0 saturated carbocycles. The van der Waals surface area contributed by atoms with Gasteiger partial charge in [0.1, 0.15) is 19.1 Å². The topological polar surface area (TPSA) is 116 Å². The van der Waals surface area contributed by atoms with Crippen molar-refractivity contribution in [3.8, 4) is 0 Å². The van der Waals surface area contributed by atoms with Crippen LogP contribution in [0.15, 0.2) is 0 Å². The van der Waals surface area contributed by atoms with E-state index in [4.69, 9.17) is 9.84 Å². The second-order valence-corrected chi connectivity index (χ2v) is 4.56. The highest BCUT2D eigenvalue weighted by Crippen LogP contribution is 2.12. The van der Waals surface area contributed by atoms with Gasteiger partial charge in [0.15, 0.2) is 0 Å². The zero-order chi connectivity index (χ0) is 16.0. The summed E-state index contributed by atoms with van der Waals surface area (Å²) in [6.45, 7) is 1.13. The van der Waals surface area contributed by atoms with Crippen LogP contribution in [0.5, 0.6) is 0 Å². The number of nitrogens with zero attached hydrogens (tertiary/aromatic N) is 2. The molecule has 0 aromatic heterocycles. The number of carbonyl (C=O) groups excluding carboxylic acids is 3. The summed E-state index contributed by atoms with van der Waals surface area (Å²) in [6, 6.07) is -1.45. The largest absolute Gasteiger partial charge is 0.480 e. The Morgan fingerprint density at radius 3 is 2.67 bits per heavy atom. The van der Waals surface area contributed by atoms with Crippen LogP contribution in [0, 0.1) is 0 Å². The summed E-state index contributed by atoms with van der Waals surface area (Å²) in [4.78, 5) is 48.5. The van der Waals surface area contributed by atoms with Crippen molar-refractivity contribution < 1.29 is 29.0 Å². The minimum absolute atomic E-state index is 0.0599. The van der Waals surface area contributed by atoms with E-state index < -0.39 is 36.4 Å². The molecule has 0 aromatic carbocycles. The molecule has 1 rings (SSSR count). The van der Waals surface area contributed by atoms with Crippen molar-refractivity contribution in [3.05, 3.63) is 0 Å². The fraction of sp³-hybridized carbons (Fsp3) is 0.667. The lowest BCUT2D eigenvalue weighted by atomic mass is 10.1. The SMILES string of the molecule is CCC1C(=O)NC(=O)CN1C(=O)N(CCOC)CC(=O)O. The van der Waals surface area contributed by atoms with Crippen LogP contribution in [0.25, 0.3) is 0 Å². The van der Waals surface area contributed by atoms with Crippen molar-refractivity contribution in [1.82, 2.24) is 15.1 Å². The molecule has 0 aliphatic carbocycles. The molecule has 1 unspecified atom stereocenters. The number of urea groups is 1. The molecule has 9 heteroatoms. The normalized spacial score (nSPS) is 18.4. The molecular formula is C12H19N3O6. The van der Waals surface area contributed by atoms with Gasteiger partial charge < -0.3 is 19.6 Å². The van der Waals surface area contributed by atoms with Crippen molar-refractivity contribution in [2.24, 2.45) is 0 Å². The van der Waals surface area contributed by atoms with Gasteiger partial charge in [-0.1, -0.05) is 6.92 Å². The van der Waals surface area contributed by atoms with E-state index in [1.165, 1.54) is 7.11 Å². The van der Waals surface area contributed by atoms with Crippen molar-refractivity contribution in [2.75, 3.05) is 33.4 Å². The Kier molecular flexibility index (Phi) is 6.10. The Bertz CT molecular complexity index is 439. The second-order valence-electron chi connectivity index (χ2n) is 4.56. The van der Waals surface area contributed by atoms with Gasteiger partial charge in [0.25, 0.3) is 0 Å². The Hall–Kier alpha value is -2.16. The Morgan fingerprint density at radius 1 is 1.48 bits per heavy atom. The van der Waals surface area contributed by atoms with Gasteiger partial charge in [0, 0.05) is 13.7 Å². The monoisotopic (exact) mass is 301 g/mol. The Morgan fingerprint density at radius 2 is 2.14 bits per heavy atom. The molecule has 21 heavy (non-hydrogen) atoms. The number of hydrogen-bond donors (Lipinski definition) is 2. The summed E-state index contributed by atoms with van der Waals surface area (Å²) in [5.74, 6) is -2.32. The first-order valence-electron chi connectivity index (χ1n) is 6.50. The number of methoxy groups -OCH3 is 1. The molecule has 1 fully saturated rings. The van der Waals surface area contributed by atoms with Gasteiger partial charge >= 0.3 is 12.0 Å². The molecule has 0 radical (unpaired) electrons. The van der Waals surface area contributed by atoms with E-state index in [1.54, 1.807) is 6.92 Å². The van der Waals surface area contributed by atoms with Gasteiger partial charge in [-0.15, -0.1) is 0 Å². The number of hydrogen-bond acceptors (Lipinski definition) is 5. The van der Waals surface area contributed by atoms with Gasteiger partial charge in [-0.2, -0.15) is 0 Å². The number of nitrogens with one attached hydrogen (secondary N) is 1. The van der Waals surface area contributed by atoms with E-state index in [1.807, 2.05) is 0 Å². The maximum Gasteiger partial charge on any atom is 0.323 e. The van der Waals surface area contributed by atoms with Crippen molar-refractivity contribution in [3.63, 3.8) is 0 Å². The van der Waals surface area contributed by atoms with Gasteiger partial charge in [0.2, 0.25) is 11.8 Å². The first kappa shape index (κ1) is 16.9. The van der Waals surface area contributed by atoms with Crippen LogP contribution in [0.3, 0.4) is 0 Å². The standard InChI is InChI=1S/C12H19N3O6/c1-3-8-11(19)13-9(16)6-15(8)12(20)14(4-5-21-2)7-10(17)18/h8H,3-7H2,1-2H3,(H,17,18)(H,13,16,19). The summed E-state index contributed by atoms with van der Waals surface area (Å²) in [7, 11) is 1.43. The Labute approximate surface area is 121 Å². The van der Waals surface area contributed by atoms with Crippen LogP contribution in [0.4, 0.5) is 4.79 Å². The van der Waals surface area contributed by atoms with E-state index in [0.29, 0.717) is 6.42 Å². The number of imide groups is 1. The molecule has 118 valence electrons. The number of ether oxygens (including phenoxy) is 1. The third kappa shape index (κ3) is 4.42. The molecule has 2 N–H and O–H groups in total. The predicted molar refractivity (Wildman–Crippen MR) is 70.4 cm³/mol. The fourth-order valence-electron chi connectivity index (χ4n) is 2.06. The number of carboxylic acid groups (broad SMARTS) is 1. The zero-order valence-electron chi connectivity index (χ0n) is 12.0. The van der Waals surface area contributed by atoms with Crippen LogP contribution in [-0.2, 0) is 19.1 Å².